The van der Waals surface area contributed by atoms with Gasteiger partial charge in [-0.25, -0.2) is 0 Å². The van der Waals surface area contributed by atoms with E-state index in [-0.39, 0.29) is 12.5 Å². The van der Waals surface area contributed by atoms with E-state index < -0.39 is 0 Å². The lowest BCUT2D eigenvalue weighted by Gasteiger charge is -2.09. The summed E-state index contributed by atoms with van der Waals surface area (Å²) in [5.41, 5.74) is 6.81. The molecule has 1 aromatic carbocycles. The summed E-state index contributed by atoms with van der Waals surface area (Å²) in [6.07, 6.45) is 0. The molecule has 0 saturated heterocycles. The second kappa shape index (κ2) is 6.96. The van der Waals surface area contributed by atoms with E-state index in [4.69, 9.17) is 22.1 Å². The highest BCUT2D eigenvalue weighted by atomic mass is 79.9. The number of amides is 1. The predicted octanol–water partition coefficient (Wildman–Crippen LogP) is 2.32. The lowest BCUT2D eigenvalue weighted by molar-refractivity contribution is -0.120. The van der Waals surface area contributed by atoms with Crippen molar-refractivity contribution < 1.29 is 9.53 Å². The van der Waals surface area contributed by atoms with Crippen molar-refractivity contribution in [2.75, 3.05) is 25.1 Å². The van der Waals surface area contributed by atoms with Crippen LogP contribution in [0.1, 0.15) is 5.56 Å². The molecule has 4 nitrogen and oxygen atoms in total. The molecule has 0 heterocycles. The molecule has 1 aromatic rings. The van der Waals surface area contributed by atoms with Crippen LogP contribution in [0.3, 0.4) is 0 Å². The number of halogens is 2. The van der Waals surface area contributed by atoms with Crippen LogP contribution in [0.15, 0.2) is 16.6 Å². The summed E-state index contributed by atoms with van der Waals surface area (Å²) in [5.74, 6) is -0.237. The average molecular weight is 322 g/mol. The topological polar surface area (TPSA) is 64.3 Å². The molecule has 6 heteroatoms. The first-order chi connectivity index (χ1) is 8.04. The second-order valence-corrected chi connectivity index (χ2v) is 4.73. The minimum absolute atomic E-state index is 0.0187. The molecule has 17 heavy (non-hydrogen) atoms. The third-order valence-corrected chi connectivity index (χ3v) is 3.08. The quantitative estimate of drug-likeness (QED) is 0.818. The van der Waals surface area contributed by atoms with E-state index in [9.17, 15) is 4.79 Å². The van der Waals surface area contributed by atoms with Gasteiger partial charge in [0, 0.05) is 16.0 Å². The molecule has 0 fully saturated rings. The summed E-state index contributed by atoms with van der Waals surface area (Å²) in [6, 6.07) is 3.54. The summed E-state index contributed by atoms with van der Waals surface area (Å²) in [5, 5.41) is 3.30. The minimum Gasteiger partial charge on any atom is -0.370 e. The van der Waals surface area contributed by atoms with Gasteiger partial charge in [-0.3, -0.25) is 4.79 Å². The summed E-state index contributed by atoms with van der Waals surface area (Å²) >= 11 is 9.33. The zero-order chi connectivity index (χ0) is 12.8. The maximum atomic E-state index is 11.5. The van der Waals surface area contributed by atoms with Crippen molar-refractivity contribution in [1.82, 2.24) is 0 Å². The van der Waals surface area contributed by atoms with E-state index >= 15 is 0 Å². The van der Waals surface area contributed by atoms with Gasteiger partial charge in [-0.15, -0.1) is 0 Å². The van der Waals surface area contributed by atoms with Crippen molar-refractivity contribution in [3.63, 3.8) is 0 Å². The molecule has 0 aromatic heterocycles. The number of nitrogens with one attached hydrogen (secondary N) is 1. The number of anilines is 1. The molecule has 3 N–H and O–H groups in total. The molecular weight excluding hydrogens is 307 g/mol. The molecule has 0 radical (unpaired) electrons. The number of carbonyl (C=O) groups excluding carboxylic acids is 1. The number of ether oxygens (including phenoxy) is 1. The molecule has 94 valence electrons. The average Bonchev–Trinajstić information content (AvgIpc) is 2.26. The third-order valence-electron chi connectivity index (χ3n) is 2.02. The number of aryl methyl sites for hydroxylation is 1. The van der Waals surface area contributed by atoms with E-state index in [1.165, 1.54) is 0 Å². The third kappa shape index (κ3) is 4.63. The lowest BCUT2D eigenvalue weighted by atomic mass is 10.2. The molecular formula is C11H14BrClN2O2. The van der Waals surface area contributed by atoms with Crippen LogP contribution in [-0.4, -0.2) is 25.7 Å². The number of rotatable bonds is 5. The Morgan fingerprint density at radius 1 is 1.59 bits per heavy atom. The van der Waals surface area contributed by atoms with Gasteiger partial charge in [0.2, 0.25) is 5.91 Å². The fraction of sp³-hybridized carbons (Fsp3) is 0.364. The first kappa shape index (κ1) is 14.4. The highest BCUT2D eigenvalue weighted by Crippen LogP contribution is 2.29. The highest BCUT2D eigenvalue weighted by molar-refractivity contribution is 9.10. The SMILES string of the molecule is Cc1cc(Br)c(NC(=O)COCCN)cc1Cl. The molecule has 0 aliphatic heterocycles. The molecule has 1 rings (SSSR count). The van der Waals surface area contributed by atoms with Gasteiger partial charge in [0.1, 0.15) is 6.61 Å². The van der Waals surface area contributed by atoms with Crippen LogP contribution >= 0.6 is 27.5 Å². The smallest absolute Gasteiger partial charge is 0.250 e. The first-order valence-corrected chi connectivity index (χ1v) is 6.25. The Bertz CT molecular complexity index is 413. The van der Waals surface area contributed by atoms with Crippen LogP contribution in [0.4, 0.5) is 5.69 Å². The molecule has 0 spiro atoms. The molecule has 0 bridgehead atoms. The molecule has 0 aliphatic carbocycles. The van der Waals surface area contributed by atoms with Crippen LogP contribution in [0.5, 0.6) is 0 Å². The maximum Gasteiger partial charge on any atom is 0.250 e. The summed E-state index contributed by atoms with van der Waals surface area (Å²) in [4.78, 5) is 11.5. The number of nitrogens with two attached hydrogens (primary N) is 1. The van der Waals surface area contributed by atoms with Crippen molar-refractivity contribution in [3.05, 3.63) is 27.2 Å². The van der Waals surface area contributed by atoms with Gasteiger partial charge in [0.25, 0.3) is 0 Å². The molecule has 0 unspecified atom stereocenters. The zero-order valence-electron chi connectivity index (χ0n) is 9.43. The summed E-state index contributed by atoms with van der Waals surface area (Å²) in [7, 11) is 0. The van der Waals surface area contributed by atoms with E-state index in [1.54, 1.807) is 6.07 Å². The van der Waals surface area contributed by atoms with Gasteiger partial charge < -0.3 is 15.8 Å². The van der Waals surface area contributed by atoms with Crippen molar-refractivity contribution in [3.8, 4) is 0 Å². The fourth-order valence-corrected chi connectivity index (χ4v) is 1.90. The van der Waals surface area contributed by atoms with Crippen LogP contribution < -0.4 is 11.1 Å². The van der Waals surface area contributed by atoms with Crippen molar-refractivity contribution in [2.45, 2.75) is 6.92 Å². The molecule has 0 aliphatic rings. The molecule has 1 amide bonds. The summed E-state index contributed by atoms with van der Waals surface area (Å²) < 4.78 is 5.81. The Labute approximate surface area is 114 Å². The van der Waals surface area contributed by atoms with Crippen molar-refractivity contribution >= 4 is 39.1 Å². The zero-order valence-corrected chi connectivity index (χ0v) is 11.8. The van der Waals surface area contributed by atoms with E-state index in [2.05, 4.69) is 21.2 Å². The number of hydrogen-bond acceptors (Lipinski definition) is 3. The number of carbonyl (C=O) groups is 1. The van der Waals surface area contributed by atoms with Gasteiger partial charge in [-0.05, 0) is 40.5 Å². The molecule has 0 saturated carbocycles. The summed E-state index contributed by atoms with van der Waals surface area (Å²) in [6.45, 7) is 2.63. The van der Waals surface area contributed by atoms with Crippen LogP contribution in [0.2, 0.25) is 5.02 Å². The maximum absolute atomic E-state index is 11.5. The Kier molecular flexibility index (Phi) is 5.91. The van der Waals surface area contributed by atoms with Crippen molar-refractivity contribution in [1.29, 1.82) is 0 Å². The monoisotopic (exact) mass is 320 g/mol. The minimum atomic E-state index is -0.237. The molecule has 0 atom stereocenters. The Hall–Kier alpha value is -0.620. The van der Waals surface area contributed by atoms with E-state index in [0.29, 0.717) is 23.9 Å². The predicted molar refractivity (Wildman–Crippen MR) is 72.4 cm³/mol. The largest absolute Gasteiger partial charge is 0.370 e. The lowest BCUT2D eigenvalue weighted by Crippen LogP contribution is -2.21. The fourth-order valence-electron chi connectivity index (χ4n) is 1.18. The van der Waals surface area contributed by atoms with Gasteiger partial charge in [-0.2, -0.15) is 0 Å². The van der Waals surface area contributed by atoms with E-state index in [0.717, 1.165) is 10.0 Å². The Morgan fingerprint density at radius 2 is 2.29 bits per heavy atom. The van der Waals surface area contributed by atoms with E-state index in [1.807, 2.05) is 13.0 Å². The van der Waals surface area contributed by atoms with Gasteiger partial charge in [0.05, 0.1) is 12.3 Å². The first-order valence-electron chi connectivity index (χ1n) is 5.08. The van der Waals surface area contributed by atoms with Crippen LogP contribution in [-0.2, 0) is 9.53 Å². The van der Waals surface area contributed by atoms with Gasteiger partial charge in [-0.1, -0.05) is 11.6 Å². The highest BCUT2D eigenvalue weighted by Gasteiger charge is 2.08. The van der Waals surface area contributed by atoms with Crippen LogP contribution in [0, 0.1) is 6.92 Å². The number of benzene rings is 1. The standard InChI is InChI=1S/C11H14BrClN2O2/c1-7-4-8(12)10(5-9(7)13)15-11(16)6-17-3-2-14/h4-5H,2-3,6,14H2,1H3,(H,15,16). The van der Waals surface area contributed by atoms with Gasteiger partial charge in [0.15, 0.2) is 0 Å². The van der Waals surface area contributed by atoms with Crippen molar-refractivity contribution in [2.24, 2.45) is 5.73 Å². The number of hydrogen-bond donors (Lipinski definition) is 2. The van der Waals surface area contributed by atoms with Crippen LogP contribution in [0.25, 0.3) is 0 Å². The normalized spacial score (nSPS) is 10.4. The Balaban J connectivity index is 2.62. The Morgan fingerprint density at radius 3 is 2.94 bits per heavy atom. The second-order valence-electron chi connectivity index (χ2n) is 3.47. The van der Waals surface area contributed by atoms with Gasteiger partial charge >= 0.3 is 0 Å².